The molecule has 0 saturated heterocycles. The molecule has 1 aromatic carbocycles. The van der Waals surface area contributed by atoms with Crippen molar-refractivity contribution in [2.45, 2.75) is 30.6 Å². The number of benzene rings is 1. The van der Waals surface area contributed by atoms with Crippen LogP contribution >= 0.6 is 0 Å². The van der Waals surface area contributed by atoms with Gasteiger partial charge in [-0.1, -0.05) is 18.6 Å². The van der Waals surface area contributed by atoms with Crippen LogP contribution in [0.4, 0.5) is 0 Å². The lowest BCUT2D eigenvalue weighted by Crippen LogP contribution is -2.31. The van der Waals surface area contributed by atoms with E-state index in [-0.39, 0.29) is 29.8 Å². The fourth-order valence-corrected chi connectivity index (χ4v) is 3.90. The molecule has 2 N–H and O–H groups in total. The van der Waals surface area contributed by atoms with Crippen molar-refractivity contribution in [1.29, 1.82) is 5.26 Å². The van der Waals surface area contributed by atoms with E-state index < -0.39 is 10.0 Å². The van der Waals surface area contributed by atoms with Crippen molar-refractivity contribution >= 4 is 10.0 Å². The van der Waals surface area contributed by atoms with Gasteiger partial charge in [-0.05, 0) is 42.4 Å². The van der Waals surface area contributed by atoms with Crippen molar-refractivity contribution in [2.24, 2.45) is 11.8 Å². The first-order valence-electron chi connectivity index (χ1n) is 7.13. The Balaban J connectivity index is 1.99. The van der Waals surface area contributed by atoms with Gasteiger partial charge in [0.25, 0.3) is 0 Å². The highest BCUT2D eigenvalue weighted by atomic mass is 32.2. The van der Waals surface area contributed by atoms with E-state index in [1.807, 2.05) is 6.07 Å². The molecule has 0 radical (unpaired) electrons. The maximum atomic E-state index is 12.2. The van der Waals surface area contributed by atoms with Gasteiger partial charge in [-0.2, -0.15) is 5.26 Å². The van der Waals surface area contributed by atoms with Crippen LogP contribution in [0.25, 0.3) is 0 Å². The van der Waals surface area contributed by atoms with Crippen LogP contribution in [0, 0.1) is 23.2 Å². The summed E-state index contributed by atoms with van der Waals surface area (Å²) < 4.78 is 27.1. The van der Waals surface area contributed by atoms with E-state index in [1.54, 1.807) is 12.1 Å². The zero-order chi connectivity index (χ0) is 15.3. The first-order valence-corrected chi connectivity index (χ1v) is 8.61. The van der Waals surface area contributed by atoms with Crippen molar-refractivity contribution < 1.29 is 13.5 Å². The van der Waals surface area contributed by atoms with Crippen molar-refractivity contribution in [3.05, 3.63) is 29.8 Å². The lowest BCUT2D eigenvalue weighted by Gasteiger charge is -2.17. The summed E-state index contributed by atoms with van der Waals surface area (Å²) in [6.07, 6.45) is 3.23. The molecule has 1 saturated carbocycles. The summed E-state index contributed by atoms with van der Waals surface area (Å²) in [6, 6.07) is 8.38. The molecule has 1 aliphatic rings. The highest BCUT2D eigenvalue weighted by molar-refractivity contribution is 7.89. The standard InChI is InChI=1S/C15H20N2O3S/c16-9-8-12-4-6-15(7-5-12)21(19,20)17-10-13-2-1-3-14(13)11-18/h4-7,13-14,17-18H,1-3,8,10-11H2. The molecule has 6 heteroatoms. The minimum absolute atomic E-state index is 0.120. The van der Waals surface area contributed by atoms with Crippen LogP contribution in [0.15, 0.2) is 29.2 Å². The predicted molar refractivity (Wildman–Crippen MR) is 78.9 cm³/mol. The van der Waals surface area contributed by atoms with Crippen molar-refractivity contribution in [1.82, 2.24) is 4.72 Å². The summed E-state index contributed by atoms with van der Waals surface area (Å²) in [5, 5.41) is 17.9. The third kappa shape index (κ3) is 4.03. The number of hydrogen-bond donors (Lipinski definition) is 2. The monoisotopic (exact) mass is 308 g/mol. The van der Waals surface area contributed by atoms with Crippen LogP contribution in [0.1, 0.15) is 24.8 Å². The Morgan fingerprint density at radius 3 is 2.52 bits per heavy atom. The molecule has 2 unspecified atom stereocenters. The van der Waals surface area contributed by atoms with Gasteiger partial charge in [0.2, 0.25) is 10.0 Å². The Bertz CT molecular complexity index is 605. The molecule has 5 nitrogen and oxygen atoms in total. The number of nitrogens with zero attached hydrogens (tertiary/aromatic N) is 1. The van der Waals surface area contributed by atoms with Gasteiger partial charge >= 0.3 is 0 Å². The molecular formula is C15H20N2O3S. The minimum Gasteiger partial charge on any atom is -0.396 e. The maximum Gasteiger partial charge on any atom is 0.240 e. The summed E-state index contributed by atoms with van der Waals surface area (Å²) in [7, 11) is -3.53. The van der Waals surface area contributed by atoms with Gasteiger partial charge in [-0.15, -0.1) is 0 Å². The van der Waals surface area contributed by atoms with Crippen molar-refractivity contribution in [3.8, 4) is 6.07 Å². The van der Waals surface area contributed by atoms with Gasteiger partial charge < -0.3 is 5.11 Å². The molecule has 21 heavy (non-hydrogen) atoms. The van der Waals surface area contributed by atoms with Crippen LogP contribution in [0.2, 0.25) is 0 Å². The van der Waals surface area contributed by atoms with Crippen LogP contribution in [-0.4, -0.2) is 26.7 Å². The van der Waals surface area contributed by atoms with Crippen LogP contribution < -0.4 is 4.72 Å². The molecule has 0 aliphatic heterocycles. The van der Waals surface area contributed by atoms with E-state index >= 15 is 0 Å². The molecular weight excluding hydrogens is 288 g/mol. The van der Waals surface area contributed by atoms with Crippen molar-refractivity contribution in [3.63, 3.8) is 0 Å². The topological polar surface area (TPSA) is 90.2 Å². The number of rotatable bonds is 6. The number of nitriles is 1. The lowest BCUT2D eigenvalue weighted by atomic mass is 9.97. The Morgan fingerprint density at radius 2 is 1.90 bits per heavy atom. The second-order valence-corrected chi connectivity index (χ2v) is 7.23. The highest BCUT2D eigenvalue weighted by Gasteiger charge is 2.27. The number of aliphatic hydroxyl groups is 1. The molecule has 0 aromatic heterocycles. The highest BCUT2D eigenvalue weighted by Crippen LogP contribution is 2.30. The summed E-state index contributed by atoms with van der Waals surface area (Å²) >= 11 is 0. The fourth-order valence-electron chi connectivity index (χ4n) is 2.80. The molecule has 0 bridgehead atoms. The molecule has 0 amide bonds. The van der Waals surface area contributed by atoms with Gasteiger partial charge in [0.05, 0.1) is 17.4 Å². The second-order valence-electron chi connectivity index (χ2n) is 5.46. The number of hydrogen-bond acceptors (Lipinski definition) is 4. The molecule has 0 spiro atoms. The normalized spacial score (nSPS) is 22.1. The summed E-state index contributed by atoms with van der Waals surface area (Å²) in [4.78, 5) is 0.211. The third-order valence-corrected chi connectivity index (χ3v) is 5.54. The molecule has 1 fully saturated rings. The molecule has 1 aromatic rings. The average Bonchev–Trinajstić information content (AvgIpc) is 2.94. The van der Waals surface area contributed by atoms with Crippen molar-refractivity contribution in [2.75, 3.05) is 13.2 Å². The summed E-state index contributed by atoms with van der Waals surface area (Å²) in [5.41, 5.74) is 0.799. The average molecular weight is 308 g/mol. The van der Waals surface area contributed by atoms with E-state index in [2.05, 4.69) is 4.72 Å². The lowest BCUT2D eigenvalue weighted by molar-refractivity contribution is 0.195. The Labute approximate surface area is 125 Å². The van der Waals surface area contributed by atoms with E-state index in [9.17, 15) is 13.5 Å². The van der Waals surface area contributed by atoms with Gasteiger partial charge in [0.15, 0.2) is 0 Å². The Hall–Kier alpha value is -1.42. The molecule has 114 valence electrons. The van der Waals surface area contributed by atoms with Gasteiger partial charge in [-0.25, -0.2) is 13.1 Å². The third-order valence-electron chi connectivity index (χ3n) is 4.10. The minimum atomic E-state index is -3.53. The summed E-state index contributed by atoms with van der Waals surface area (Å²) in [5.74, 6) is 0.411. The van der Waals surface area contributed by atoms with Gasteiger partial charge in [0.1, 0.15) is 0 Å². The Morgan fingerprint density at radius 1 is 1.24 bits per heavy atom. The van der Waals surface area contributed by atoms with Crippen LogP contribution in [0.3, 0.4) is 0 Å². The van der Waals surface area contributed by atoms with Gasteiger partial charge in [0, 0.05) is 13.2 Å². The smallest absolute Gasteiger partial charge is 0.240 e. The number of aliphatic hydroxyl groups excluding tert-OH is 1. The zero-order valence-electron chi connectivity index (χ0n) is 11.8. The predicted octanol–water partition coefficient (Wildman–Crippen LogP) is 1.44. The molecule has 1 aliphatic carbocycles. The first kappa shape index (κ1) is 16.0. The number of nitrogens with one attached hydrogen (secondary N) is 1. The SMILES string of the molecule is N#CCc1ccc(S(=O)(=O)NCC2CCCC2CO)cc1. The molecule has 0 heterocycles. The quantitative estimate of drug-likeness (QED) is 0.832. The maximum absolute atomic E-state index is 12.2. The first-order chi connectivity index (χ1) is 10.1. The van der Waals surface area contributed by atoms with Gasteiger partial charge in [-0.3, -0.25) is 0 Å². The zero-order valence-corrected chi connectivity index (χ0v) is 12.6. The number of sulfonamides is 1. The van der Waals surface area contributed by atoms with E-state index in [0.717, 1.165) is 24.8 Å². The van der Waals surface area contributed by atoms with Crippen LogP contribution in [-0.2, 0) is 16.4 Å². The van der Waals surface area contributed by atoms with Crippen LogP contribution in [0.5, 0.6) is 0 Å². The Kier molecular flexibility index (Phi) is 5.34. The summed E-state index contributed by atoms with van der Waals surface area (Å²) in [6.45, 7) is 0.489. The van der Waals surface area contributed by atoms with E-state index in [4.69, 9.17) is 5.26 Å². The largest absolute Gasteiger partial charge is 0.396 e. The van der Waals surface area contributed by atoms with E-state index in [1.165, 1.54) is 12.1 Å². The van der Waals surface area contributed by atoms with E-state index in [0.29, 0.717) is 6.54 Å². The molecule has 2 rings (SSSR count). The second kappa shape index (κ2) is 7.03. The molecule has 2 atom stereocenters. The fraction of sp³-hybridized carbons (Fsp3) is 0.533.